The van der Waals surface area contributed by atoms with Crippen molar-refractivity contribution in [3.05, 3.63) is 59.7 Å². The lowest BCUT2D eigenvalue weighted by Crippen LogP contribution is -2.49. The van der Waals surface area contributed by atoms with Gasteiger partial charge in [-0.05, 0) is 38.5 Å². The van der Waals surface area contributed by atoms with Crippen molar-refractivity contribution in [3.63, 3.8) is 0 Å². The maximum atomic E-state index is 12.6. The second-order valence-electron chi connectivity index (χ2n) is 7.96. The van der Waals surface area contributed by atoms with Crippen LogP contribution in [-0.2, 0) is 25.6 Å². The number of ether oxygens (including phenoxy) is 5. The van der Waals surface area contributed by atoms with Crippen LogP contribution in [0, 0.1) is 0 Å². The Bertz CT molecular complexity index is 930. The second-order valence-corrected chi connectivity index (χ2v) is 7.96. The lowest BCUT2D eigenvalue weighted by molar-refractivity contribution is -0.147. The fourth-order valence-electron chi connectivity index (χ4n) is 2.71. The van der Waals surface area contributed by atoms with E-state index < -0.39 is 30.4 Å². The molecule has 0 N–H and O–H groups in total. The molecule has 0 aliphatic carbocycles. The van der Waals surface area contributed by atoms with Gasteiger partial charge in [0.25, 0.3) is 0 Å². The third-order valence-corrected chi connectivity index (χ3v) is 4.52. The van der Waals surface area contributed by atoms with E-state index in [2.05, 4.69) is 0 Å². The van der Waals surface area contributed by atoms with E-state index in [0.29, 0.717) is 11.5 Å². The van der Waals surface area contributed by atoms with Crippen molar-refractivity contribution in [2.24, 2.45) is 0 Å². The molecule has 0 aliphatic heterocycles. The molecule has 2 aromatic carbocycles. The molecule has 0 spiro atoms. The Balaban J connectivity index is 1.91. The number of nitrogens with zero attached hydrogens (tertiary/aromatic N) is 1. The van der Waals surface area contributed by atoms with Gasteiger partial charge in [0.2, 0.25) is 6.79 Å². The van der Waals surface area contributed by atoms with E-state index in [4.69, 9.17) is 23.7 Å². The molecule has 0 bridgehead atoms. The summed E-state index contributed by atoms with van der Waals surface area (Å²) in [5, 5.41) is 0. The van der Waals surface area contributed by atoms with Gasteiger partial charge in [-0.1, -0.05) is 30.3 Å². The number of hydrogen-bond acceptors (Lipinski definition) is 8. The minimum Gasteiger partial charge on any atom is -0.497 e. The van der Waals surface area contributed by atoms with Gasteiger partial charge in [-0.2, -0.15) is 0 Å². The molecule has 9 nitrogen and oxygen atoms in total. The Kier molecular flexibility index (Phi) is 9.08. The summed E-state index contributed by atoms with van der Waals surface area (Å²) in [5.41, 5.74) is 0.253. The molecule has 2 rings (SSSR count). The number of amides is 1. The number of carbonyl (C=O) groups excluding carboxylic acids is 3. The Morgan fingerprint density at radius 3 is 2.00 bits per heavy atom. The zero-order chi connectivity index (χ0) is 24.4. The minimum atomic E-state index is -0.824. The zero-order valence-corrected chi connectivity index (χ0v) is 19.5. The molecule has 0 radical (unpaired) electrons. The van der Waals surface area contributed by atoms with Crippen LogP contribution in [0.4, 0.5) is 4.79 Å². The first-order valence-corrected chi connectivity index (χ1v) is 10.2. The monoisotopic (exact) mass is 459 g/mol. The highest BCUT2D eigenvalue weighted by Gasteiger charge is 2.30. The van der Waals surface area contributed by atoms with Crippen molar-refractivity contribution < 1.29 is 38.1 Å². The van der Waals surface area contributed by atoms with Crippen molar-refractivity contribution in [2.75, 3.05) is 27.6 Å². The zero-order valence-electron chi connectivity index (χ0n) is 19.5. The van der Waals surface area contributed by atoms with E-state index in [-0.39, 0.29) is 18.7 Å². The molecule has 0 atom stereocenters. The fraction of sp³-hybridized carbons (Fsp3) is 0.375. The predicted octanol–water partition coefficient (Wildman–Crippen LogP) is 3.80. The van der Waals surface area contributed by atoms with Gasteiger partial charge in [-0.15, -0.1) is 0 Å². The Morgan fingerprint density at radius 1 is 0.848 bits per heavy atom. The normalized spacial score (nSPS) is 10.7. The summed E-state index contributed by atoms with van der Waals surface area (Å²) in [7, 11) is 2.91. The second kappa shape index (κ2) is 11.8. The van der Waals surface area contributed by atoms with Gasteiger partial charge in [0.15, 0.2) is 0 Å². The number of benzene rings is 2. The van der Waals surface area contributed by atoms with Gasteiger partial charge >= 0.3 is 18.0 Å². The number of rotatable bonds is 9. The molecule has 0 saturated heterocycles. The van der Waals surface area contributed by atoms with Crippen LogP contribution in [0.5, 0.6) is 11.5 Å². The van der Waals surface area contributed by atoms with Gasteiger partial charge in [0.1, 0.15) is 24.7 Å². The van der Waals surface area contributed by atoms with E-state index in [0.717, 1.165) is 5.56 Å². The van der Waals surface area contributed by atoms with Gasteiger partial charge in [0.05, 0.1) is 19.8 Å². The summed E-state index contributed by atoms with van der Waals surface area (Å²) in [6.07, 6.45) is -0.824. The quantitative estimate of drug-likeness (QED) is 0.412. The van der Waals surface area contributed by atoms with Crippen LogP contribution in [0.15, 0.2) is 48.5 Å². The van der Waals surface area contributed by atoms with Gasteiger partial charge in [-0.3, -0.25) is 9.69 Å². The molecular formula is C24H29NO8. The van der Waals surface area contributed by atoms with Crippen LogP contribution >= 0.6 is 0 Å². The lowest BCUT2D eigenvalue weighted by atomic mass is 10.1. The third-order valence-electron chi connectivity index (χ3n) is 4.52. The SMILES string of the molecule is COc1cc(OC)cc(C(=O)OCOC(=O)N(CC(=O)OCc2ccccc2)C(C)(C)C)c1. The standard InChI is InChI=1S/C24H29NO8/c1-24(2,3)25(14-21(26)31-15-17-9-7-6-8-10-17)23(28)33-16-32-22(27)18-11-19(29-4)13-20(12-18)30-5/h6-13H,14-16H2,1-5H3. The average molecular weight is 459 g/mol. The van der Waals surface area contributed by atoms with Crippen LogP contribution in [0.1, 0.15) is 36.7 Å². The molecule has 0 saturated carbocycles. The molecule has 0 fully saturated rings. The minimum absolute atomic E-state index is 0.0916. The highest BCUT2D eigenvalue weighted by Crippen LogP contribution is 2.23. The summed E-state index contributed by atoms with van der Waals surface area (Å²) >= 11 is 0. The van der Waals surface area contributed by atoms with Crippen LogP contribution in [0.25, 0.3) is 0 Å². The molecule has 0 aliphatic rings. The largest absolute Gasteiger partial charge is 0.497 e. The Hall–Kier alpha value is -3.75. The summed E-state index contributed by atoms with van der Waals surface area (Å²) in [6.45, 7) is 4.36. The van der Waals surface area contributed by atoms with Crippen molar-refractivity contribution >= 4 is 18.0 Å². The summed E-state index contributed by atoms with van der Waals surface area (Å²) in [5.74, 6) is -0.506. The maximum absolute atomic E-state index is 12.6. The van der Waals surface area contributed by atoms with Crippen molar-refractivity contribution in [1.29, 1.82) is 0 Å². The molecule has 0 heterocycles. The van der Waals surface area contributed by atoms with E-state index in [9.17, 15) is 14.4 Å². The summed E-state index contributed by atoms with van der Waals surface area (Å²) < 4.78 is 25.6. The summed E-state index contributed by atoms with van der Waals surface area (Å²) in [4.78, 5) is 38.4. The maximum Gasteiger partial charge on any atom is 0.413 e. The Morgan fingerprint density at radius 2 is 1.45 bits per heavy atom. The van der Waals surface area contributed by atoms with Gasteiger partial charge in [-0.25, -0.2) is 9.59 Å². The third kappa shape index (κ3) is 8.03. The van der Waals surface area contributed by atoms with Crippen LogP contribution in [0.3, 0.4) is 0 Å². The number of carbonyl (C=O) groups is 3. The number of esters is 2. The molecular weight excluding hydrogens is 430 g/mol. The highest BCUT2D eigenvalue weighted by atomic mass is 16.7. The first kappa shape index (κ1) is 25.5. The first-order chi connectivity index (χ1) is 15.6. The van der Waals surface area contributed by atoms with Gasteiger partial charge in [0, 0.05) is 11.6 Å². The van der Waals surface area contributed by atoms with E-state index in [1.54, 1.807) is 26.8 Å². The molecule has 9 heteroatoms. The van der Waals surface area contributed by atoms with Crippen LogP contribution in [-0.4, -0.2) is 56.0 Å². The predicted molar refractivity (Wildman–Crippen MR) is 119 cm³/mol. The number of methoxy groups -OCH3 is 2. The fourth-order valence-corrected chi connectivity index (χ4v) is 2.71. The smallest absolute Gasteiger partial charge is 0.413 e. The van der Waals surface area contributed by atoms with E-state index in [1.807, 2.05) is 30.3 Å². The lowest BCUT2D eigenvalue weighted by Gasteiger charge is -2.33. The summed E-state index contributed by atoms with van der Waals surface area (Å²) in [6, 6.07) is 13.7. The average Bonchev–Trinajstić information content (AvgIpc) is 2.80. The van der Waals surface area contributed by atoms with Crippen LogP contribution < -0.4 is 9.47 Å². The number of hydrogen-bond donors (Lipinski definition) is 0. The van der Waals surface area contributed by atoms with E-state index >= 15 is 0 Å². The van der Waals surface area contributed by atoms with Crippen LogP contribution in [0.2, 0.25) is 0 Å². The topological polar surface area (TPSA) is 101 Å². The van der Waals surface area contributed by atoms with Gasteiger partial charge < -0.3 is 23.7 Å². The van der Waals surface area contributed by atoms with E-state index in [1.165, 1.54) is 31.3 Å². The molecule has 1 amide bonds. The molecule has 33 heavy (non-hydrogen) atoms. The van der Waals surface area contributed by atoms with Crippen molar-refractivity contribution in [2.45, 2.75) is 32.9 Å². The highest BCUT2D eigenvalue weighted by molar-refractivity contribution is 5.90. The molecule has 178 valence electrons. The molecule has 2 aromatic rings. The Labute approximate surface area is 193 Å². The van der Waals surface area contributed by atoms with Crippen molar-refractivity contribution in [3.8, 4) is 11.5 Å². The van der Waals surface area contributed by atoms with Crippen molar-refractivity contribution in [1.82, 2.24) is 4.90 Å². The molecule has 0 aromatic heterocycles. The molecule has 0 unspecified atom stereocenters. The first-order valence-electron chi connectivity index (χ1n) is 10.2.